The number of nitrogens with two attached hydrogens (primary N) is 1. The highest BCUT2D eigenvalue weighted by Crippen LogP contribution is 1.95. The summed E-state index contributed by atoms with van der Waals surface area (Å²) in [6.45, 7) is 0.592. The lowest BCUT2D eigenvalue weighted by Crippen LogP contribution is -2.09. The number of hydrogen-bond donors (Lipinski definition) is 1. The van der Waals surface area contributed by atoms with Crippen molar-refractivity contribution in [2.45, 2.75) is 6.54 Å². The Morgan fingerprint density at radius 1 is 1.82 bits per heavy atom. The van der Waals surface area contributed by atoms with Gasteiger partial charge in [-0.25, -0.2) is 0 Å². The Bertz CT molecular complexity index is 258. The lowest BCUT2D eigenvalue weighted by atomic mass is 10.3. The van der Waals surface area contributed by atoms with Crippen LogP contribution in [0.25, 0.3) is 0 Å². The van der Waals surface area contributed by atoms with Crippen LogP contribution in [0.1, 0.15) is 10.4 Å². The third-order valence-corrected chi connectivity index (χ3v) is 1.40. The molecule has 2 N–H and O–H groups in total. The molecule has 0 saturated heterocycles. The van der Waals surface area contributed by atoms with Crippen LogP contribution in [0.5, 0.6) is 0 Å². The molecule has 0 bridgehead atoms. The molecule has 0 saturated carbocycles. The smallest absolute Gasteiger partial charge is 0.251 e. The normalized spacial score (nSPS) is 9.91. The van der Waals surface area contributed by atoms with Crippen LogP contribution in [0.3, 0.4) is 0 Å². The number of aromatic nitrogens is 2. The second-order valence-corrected chi connectivity index (χ2v) is 2.42. The second kappa shape index (κ2) is 3.39. The number of hydrogen-bond acceptors (Lipinski definition) is 2. The molecule has 1 aromatic rings. The van der Waals surface area contributed by atoms with Crippen molar-refractivity contribution in [2.75, 3.05) is 5.88 Å². The topological polar surface area (TPSA) is 60.9 Å². The van der Waals surface area contributed by atoms with Crippen LogP contribution in [-0.4, -0.2) is 21.6 Å². The predicted octanol–water partition coefficient (Wildman–Crippen LogP) is 0.221. The first-order chi connectivity index (χ1) is 5.24. The molecule has 1 aromatic heterocycles. The van der Waals surface area contributed by atoms with Crippen LogP contribution in [-0.2, 0) is 6.54 Å². The van der Waals surface area contributed by atoms with Gasteiger partial charge in [0.05, 0.1) is 18.3 Å². The van der Waals surface area contributed by atoms with Gasteiger partial charge in [0.2, 0.25) is 0 Å². The number of nitrogens with zero attached hydrogens (tertiary/aromatic N) is 2. The molecule has 0 unspecified atom stereocenters. The third-order valence-electron chi connectivity index (χ3n) is 1.23. The predicted molar refractivity (Wildman–Crippen MR) is 41.5 cm³/mol. The highest BCUT2D eigenvalue weighted by Gasteiger charge is 2.02. The maximum atomic E-state index is 10.6. The van der Waals surface area contributed by atoms with Crippen LogP contribution in [0, 0.1) is 0 Å². The van der Waals surface area contributed by atoms with Crippen LogP contribution in [0.4, 0.5) is 0 Å². The average molecular weight is 174 g/mol. The monoisotopic (exact) mass is 173 g/mol. The summed E-state index contributed by atoms with van der Waals surface area (Å²) in [5.41, 5.74) is 5.41. The summed E-state index contributed by atoms with van der Waals surface area (Å²) < 4.78 is 1.58. The number of alkyl halides is 1. The summed E-state index contributed by atoms with van der Waals surface area (Å²) >= 11 is 5.45. The Balaban J connectivity index is 2.73. The minimum atomic E-state index is -0.467. The van der Waals surface area contributed by atoms with Gasteiger partial charge in [0.1, 0.15) is 0 Å². The van der Waals surface area contributed by atoms with Gasteiger partial charge in [0.15, 0.2) is 0 Å². The van der Waals surface area contributed by atoms with E-state index in [1.165, 1.54) is 6.20 Å². The average Bonchev–Trinajstić information content (AvgIpc) is 2.37. The summed E-state index contributed by atoms with van der Waals surface area (Å²) in [5.74, 6) is 0.00527. The molecule has 0 aliphatic rings. The fourth-order valence-corrected chi connectivity index (χ4v) is 0.873. The molecule has 5 heteroatoms. The van der Waals surface area contributed by atoms with Crippen molar-refractivity contribution in [2.24, 2.45) is 5.73 Å². The maximum Gasteiger partial charge on any atom is 0.251 e. The Kier molecular flexibility index (Phi) is 2.48. The number of halogens is 1. The van der Waals surface area contributed by atoms with Gasteiger partial charge in [-0.1, -0.05) is 0 Å². The molecule has 0 spiro atoms. The molecule has 0 fully saturated rings. The van der Waals surface area contributed by atoms with E-state index in [1.54, 1.807) is 10.9 Å². The van der Waals surface area contributed by atoms with Crippen molar-refractivity contribution in [3.05, 3.63) is 18.0 Å². The Morgan fingerprint density at radius 3 is 3.00 bits per heavy atom. The van der Waals surface area contributed by atoms with E-state index in [2.05, 4.69) is 5.10 Å². The number of carbonyl (C=O) groups is 1. The van der Waals surface area contributed by atoms with E-state index in [0.717, 1.165) is 0 Å². The molecule has 11 heavy (non-hydrogen) atoms. The molecule has 0 aliphatic carbocycles. The molecule has 1 rings (SSSR count). The largest absolute Gasteiger partial charge is 0.366 e. The Morgan fingerprint density at radius 2 is 2.55 bits per heavy atom. The number of primary amides is 1. The van der Waals surface area contributed by atoms with Gasteiger partial charge >= 0.3 is 0 Å². The first-order valence-corrected chi connectivity index (χ1v) is 3.65. The maximum absolute atomic E-state index is 10.6. The van der Waals surface area contributed by atoms with E-state index >= 15 is 0 Å². The summed E-state index contributed by atoms with van der Waals surface area (Å²) in [4.78, 5) is 10.6. The summed E-state index contributed by atoms with van der Waals surface area (Å²) in [6, 6.07) is 0. The summed E-state index contributed by atoms with van der Waals surface area (Å²) in [6.07, 6.45) is 3.00. The van der Waals surface area contributed by atoms with Crippen molar-refractivity contribution in [1.29, 1.82) is 0 Å². The number of amides is 1. The zero-order valence-electron chi connectivity index (χ0n) is 5.83. The first-order valence-electron chi connectivity index (χ1n) is 3.12. The fraction of sp³-hybridized carbons (Fsp3) is 0.333. The van der Waals surface area contributed by atoms with E-state index in [1.807, 2.05) is 0 Å². The van der Waals surface area contributed by atoms with E-state index in [0.29, 0.717) is 18.0 Å². The molecule has 0 atom stereocenters. The molecule has 1 heterocycles. The van der Waals surface area contributed by atoms with Gasteiger partial charge in [0.25, 0.3) is 5.91 Å². The van der Waals surface area contributed by atoms with Crippen molar-refractivity contribution >= 4 is 17.5 Å². The molecular weight excluding hydrogens is 166 g/mol. The van der Waals surface area contributed by atoms with Gasteiger partial charge in [-0.15, -0.1) is 11.6 Å². The van der Waals surface area contributed by atoms with Crippen LogP contribution >= 0.6 is 11.6 Å². The van der Waals surface area contributed by atoms with Gasteiger partial charge in [-0.2, -0.15) is 5.10 Å². The highest BCUT2D eigenvalue weighted by atomic mass is 35.5. The zero-order chi connectivity index (χ0) is 8.27. The molecule has 60 valence electrons. The highest BCUT2D eigenvalue weighted by molar-refractivity contribution is 6.17. The molecular formula is C6H8ClN3O. The second-order valence-electron chi connectivity index (χ2n) is 2.05. The van der Waals surface area contributed by atoms with Crippen molar-refractivity contribution in [3.63, 3.8) is 0 Å². The molecule has 0 radical (unpaired) electrons. The molecule has 0 aromatic carbocycles. The van der Waals surface area contributed by atoms with E-state index in [9.17, 15) is 4.79 Å². The van der Waals surface area contributed by atoms with Gasteiger partial charge in [-0.3, -0.25) is 9.48 Å². The SMILES string of the molecule is NC(=O)c1cnn(CCCl)c1. The Labute approximate surface area is 68.9 Å². The number of aryl methyl sites for hydroxylation is 1. The van der Waals surface area contributed by atoms with Gasteiger partial charge in [0, 0.05) is 12.1 Å². The van der Waals surface area contributed by atoms with E-state index in [-0.39, 0.29) is 0 Å². The third kappa shape index (κ3) is 1.94. The van der Waals surface area contributed by atoms with Gasteiger partial charge in [-0.05, 0) is 0 Å². The quantitative estimate of drug-likeness (QED) is 0.665. The summed E-state index contributed by atoms with van der Waals surface area (Å²) in [5, 5.41) is 3.86. The Hall–Kier alpha value is -1.03. The zero-order valence-corrected chi connectivity index (χ0v) is 6.58. The molecule has 4 nitrogen and oxygen atoms in total. The minimum absolute atomic E-state index is 0.412. The van der Waals surface area contributed by atoms with E-state index in [4.69, 9.17) is 17.3 Å². The standard InChI is InChI=1S/C6H8ClN3O/c7-1-2-10-4-5(3-9-10)6(8)11/h3-4H,1-2H2,(H2,8,11). The van der Waals surface area contributed by atoms with Crippen molar-refractivity contribution in [3.8, 4) is 0 Å². The van der Waals surface area contributed by atoms with Gasteiger partial charge < -0.3 is 5.73 Å². The summed E-state index contributed by atoms with van der Waals surface area (Å²) in [7, 11) is 0. The fourth-order valence-electron chi connectivity index (χ4n) is 0.700. The number of carbonyl (C=O) groups excluding carboxylic acids is 1. The van der Waals surface area contributed by atoms with Crippen LogP contribution < -0.4 is 5.73 Å². The first kappa shape index (κ1) is 8.07. The van der Waals surface area contributed by atoms with Crippen molar-refractivity contribution in [1.82, 2.24) is 9.78 Å². The molecule has 0 aliphatic heterocycles. The number of rotatable bonds is 3. The minimum Gasteiger partial charge on any atom is -0.366 e. The van der Waals surface area contributed by atoms with E-state index < -0.39 is 5.91 Å². The molecule has 1 amide bonds. The lowest BCUT2D eigenvalue weighted by Gasteiger charge is -1.92. The lowest BCUT2D eigenvalue weighted by molar-refractivity contribution is 0.1000. The van der Waals surface area contributed by atoms with Crippen LogP contribution in [0.15, 0.2) is 12.4 Å². The van der Waals surface area contributed by atoms with Crippen molar-refractivity contribution < 1.29 is 4.79 Å². The van der Waals surface area contributed by atoms with Crippen LogP contribution in [0.2, 0.25) is 0 Å².